The largest absolute Gasteiger partial charge is 0.353 e. The lowest BCUT2D eigenvalue weighted by atomic mass is 10.1. The number of nitrogens with zero attached hydrogens (tertiary/aromatic N) is 2. The Bertz CT molecular complexity index is 963. The van der Waals surface area contributed by atoms with E-state index in [-0.39, 0.29) is 5.69 Å². The summed E-state index contributed by atoms with van der Waals surface area (Å²) in [6.07, 6.45) is 3.04. The van der Waals surface area contributed by atoms with E-state index in [0.717, 1.165) is 41.4 Å². The molecule has 0 fully saturated rings. The average molecular weight is 348 g/mol. The van der Waals surface area contributed by atoms with Gasteiger partial charge in [0.2, 0.25) is 0 Å². The van der Waals surface area contributed by atoms with Crippen LogP contribution in [0.3, 0.4) is 0 Å². The van der Waals surface area contributed by atoms with Crippen LogP contribution in [0.2, 0.25) is 0 Å². The number of hydrogen-bond donors (Lipinski definition) is 0. The highest BCUT2D eigenvalue weighted by Crippen LogP contribution is 2.32. The molecule has 126 valence electrons. The van der Waals surface area contributed by atoms with Gasteiger partial charge in [-0.3, -0.25) is 4.57 Å². The highest BCUT2D eigenvalue weighted by Gasteiger charge is 2.22. The lowest BCUT2D eigenvalue weighted by Crippen LogP contribution is -2.25. The molecule has 0 saturated heterocycles. The number of aryl methyl sites for hydroxylation is 1. The molecular formula is C21H20N2OS. The van der Waals surface area contributed by atoms with Crippen molar-refractivity contribution in [2.75, 3.05) is 0 Å². The average Bonchev–Trinajstić information content (AvgIpc) is 3.11. The molecule has 3 aromatic rings. The van der Waals surface area contributed by atoms with Gasteiger partial charge in [0.15, 0.2) is 0 Å². The summed E-state index contributed by atoms with van der Waals surface area (Å²) in [4.78, 5) is 17.2. The smallest absolute Gasteiger partial charge is 0.265 e. The number of rotatable bonds is 4. The van der Waals surface area contributed by atoms with Crippen molar-refractivity contribution in [3.8, 4) is 5.69 Å². The summed E-state index contributed by atoms with van der Waals surface area (Å²) in [5, 5.41) is 0.910. The summed E-state index contributed by atoms with van der Waals surface area (Å²) >= 11 is 1.69. The molecule has 0 unspecified atom stereocenters. The first kappa shape index (κ1) is 16.2. The van der Waals surface area contributed by atoms with Crippen molar-refractivity contribution in [1.82, 2.24) is 9.55 Å². The van der Waals surface area contributed by atoms with Gasteiger partial charge in [-0.05, 0) is 49.4 Å². The zero-order valence-electron chi connectivity index (χ0n) is 14.2. The monoisotopic (exact) mass is 348 g/mol. The number of hydrogen-bond acceptors (Lipinski definition) is 3. The second kappa shape index (κ2) is 6.89. The molecule has 4 rings (SSSR count). The van der Waals surface area contributed by atoms with E-state index in [1.807, 2.05) is 30.3 Å². The lowest BCUT2D eigenvalue weighted by Gasteiger charge is -2.14. The molecule has 0 bridgehead atoms. The summed E-state index contributed by atoms with van der Waals surface area (Å²) in [5.74, 6) is 0.848. The quantitative estimate of drug-likeness (QED) is 0.520. The maximum atomic E-state index is 12.7. The van der Waals surface area contributed by atoms with Crippen LogP contribution in [0.25, 0.3) is 5.69 Å². The SMILES string of the molecule is Cc1ccccc1CSc1nc(=O)n(-c2ccccc2)c2c1CCC2. The normalized spacial score (nSPS) is 13.0. The van der Waals surface area contributed by atoms with E-state index < -0.39 is 0 Å². The Balaban J connectivity index is 1.71. The maximum absolute atomic E-state index is 12.7. The van der Waals surface area contributed by atoms with Gasteiger partial charge in [-0.1, -0.05) is 42.5 Å². The van der Waals surface area contributed by atoms with Gasteiger partial charge in [-0.25, -0.2) is 4.79 Å². The third kappa shape index (κ3) is 3.14. The van der Waals surface area contributed by atoms with Crippen LogP contribution in [0.15, 0.2) is 64.4 Å². The van der Waals surface area contributed by atoms with Crippen LogP contribution in [-0.4, -0.2) is 9.55 Å². The van der Waals surface area contributed by atoms with Crippen molar-refractivity contribution < 1.29 is 0 Å². The fourth-order valence-electron chi connectivity index (χ4n) is 3.41. The number of para-hydroxylation sites is 1. The van der Waals surface area contributed by atoms with E-state index in [4.69, 9.17) is 0 Å². The minimum absolute atomic E-state index is 0.167. The molecule has 1 aliphatic rings. The van der Waals surface area contributed by atoms with Crippen LogP contribution in [0.4, 0.5) is 0 Å². The zero-order chi connectivity index (χ0) is 17.2. The zero-order valence-corrected chi connectivity index (χ0v) is 15.1. The standard InChI is InChI=1S/C21H20N2OS/c1-15-8-5-6-9-16(15)14-25-20-18-12-7-13-19(18)23(21(24)22-20)17-10-3-2-4-11-17/h2-6,8-11H,7,12-14H2,1H3. The van der Waals surface area contributed by atoms with Crippen LogP contribution in [0.1, 0.15) is 28.8 Å². The Kier molecular flexibility index (Phi) is 4.45. The Hall–Kier alpha value is -2.33. The summed E-state index contributed by atoms with van der Waals surface area (Å²) in [6, 6.07) is 18.2. The third-order valence-electron chi connectivity index (χ3n) is 4.75. The number of thioether (sulfide) groups is 1. The highest BCUT2D eigenvalue weighted by atomic mass is 32.2. The van der Waals surface area contributed by atoms with E-state index in [2.05, 4.69) is 36.2 Å². The second-order valence-corrected chi connectivity index (χ2v) is 7.33. The fourth-order valence-corrected chi connectivity index (χ4v) is 4.56. The molecule has 1 aliphatic carbocycles. The molecule has 4 heteroatoms. The molecule has 0 radical (unpaired) electrons. The Morgan fingerprint density at radius 2 is 1.80 bits per heavy atom. The summed E-state index contributed by atoms with van der Waals surface area (Å²) < 4.78 is 1.79. The van der Waals surface area contributed by atoms with Gasteiger partial charge < -0.3 is 0 Å². The molecule has 0 aliphatic heterocycles. The van der Waals surface area contributed by atoms with Crippen molar-refractivity contribution >= 4 is 11.8 Å². The maximum Gasteiger partial charge on any atom is 0.353 e. The van der Waals surface area contributed by atoms with E-state index in [9.17, 15) is 4.79 Å². The molecule has 2 aromatic carbocycles. The summed E-state index contributed by atoms with van der Waals surface area (Å²) in [5.41, 5.74) is 5.71. The molecule has 0 spiro atoms. The Morgan fingerprint density at radius 3 is 2.60 bits per heavy atom. The molecule has 3 nitrogen and oxygen atoms in total. The predicted octanol–water partition coefficient (Wildman–Crippen LogP) is 4.32. The topological polar surface area (TPSA) is 34.9 Å². The van der Waals surface area contributed by atoms with Crippen molar-refractivity contribution in [1.29, 1.82) is 0 Å². The fraction of sp³-hybridized carbons (Fsp3) is 0.238. The van der Waals surface area contributed by atoms with Gasteiger partial charge in [0, 0.05) is 17.0 Å². The van der Waals surface area contributed by atoms with Gasteiger partial charge in [0.25, 0.3) is 0 Å². The predicted molar refractivity (Wildman–Crippen MR) is 103 cm³/mol. The van der Waals surface area contributed by atoms with Crippen molar-refractivity contribution in [2.45, 2.75) is 37.0 Å². The van der Waals surface area contributed by atoms with Crippen molar-refractivity contribution in [2.24, 2.45) is 0 Å². The first-order valence-electron chi connectivity index (χ1n) is 8.61. The number of fused-ring (bicyclic) bond motifs is 1. The highest BCUT2D eigenvalue weighted by molar-refractivity contribution is 7.98. The molecule has 0 amide bonds. The second-order valence-electron chi connectivity index (χ2n) is 6.36. The Labute approximate surface area is 151 Å². The number of benzene rings is 2. The summed E-state index contributed by atoms with van der Waals surface area (Å²) in [6.45, 7) is 2.13. The lowest BCUT2D eigenvalue weighted by molar-refractivity contribution is 0.802. The van der Waals surface area contributed by atoms with E-state index in [1.165, 1.54) is 16.7 Å². The van der Waals surface area contributed by atoms with E-state index in [1.54, 1.807) is 16.3 Å². The molecule has 1 aromatic heterocycles. The first-order valence-corrected chi connectivity index (χ1v) is 9.60. The van der Waals surface area contributed by atoms with E-state index in [0.29, 0.717) is 0 Å². The molecule has 0 atom stereocenters. The first-order chi connectivity index (χ1) is 12.2. The van der Waals surface area contributed by atoms with Crippen LogP contribution >= 0.6 is 11.8 Å². The van der Waals surface area contributed by atoms with Crippen molar-refractivity contribution in [3.63, 3.8) is 0 Å². The van der Waals surface area contributed by atoms with Crippen LogP contribution in [-0.2, 0) is 18.6 Å². The third-order valence-corrected chi connectivity index (χ3v) is 5.81. The Morgan fingerprint density at radius 1 is 1.04 bits per heavy atom. The molecule has 25 heavy (non-hydrogen) atoms. The molecule has 1 heterocycles. The molecule has 0 N–H and O–H groups in total. The number of aromatic nitrogens is 2. The van der Waals surface area contributed by atoms with Crippen LogP contribution in [0, 0.1) is 6.92 Å². The van der Waals surface area contributed by atoms with Gasteiger partial charge in [-0.2, -0.15) is 4.98 Å². The van der Waals surface area contributed by atoms with Crippen LogP contribution < -0.4 is 5.69 Å². The van der Waals surface area contributed by atoms with Gasteiger partial charge in [0.05, 0.1) is 5.69 Å². The van der Waals surface area contributed by atoms with Gasteiger partial charge >= 0.3 is 5.69 Å². The molecular weight excluding hydrogens is 328 g/mol. The van der Waals surface area contributed by atoms with E-state index >= 15 is 0 Å². The van der Waals surface area contributed by atoms with Crippen molar-refractivity contribution in [3.05, 3.63) is 87.5 Å². The summed E-state index contributed by atoms with van der Waals surface area (Å²) in [7, 11) is 0. The minimum atomic E-state index is -0.167. The van der Waals surface area contributed by atoms with Gasteiger partial charge in [0.1, 0.15) is 5.03 Å². The minimum Gasteiger partial charge on any atom is -0.265 e. The molecule has 0 saturated carbocycles. The van der Waals surface area contributed by atoms with Crippen LogP contribution in [0.5, 0.6) is 0 Å². The van der Waals surface area contributed by atoms with Gasteiger partial charge in [-0.15, -0.1) is 11.8 Å².